The number of carbonyl (C=O) groups excluding carboxylic acids is 2. The van der Waals surface area contributed by atoms with E-state index in [1.54, 1.807) is 6.92 Å². The van der Waals surface area contributed by atoms with Crippen LogP contribution in [0.15, 0.2) is 0 Å². The third-order valence-corrected chi connectivity index (χ3v) is 2.09. The number of ether oxygens (including phenoxy) is 2. The van der Waals surface area contributed by atoms with E-state index in [9.17, 15) is 9.59 Å². The van der Waals surface area contributed by atoms with Gasteiger partial charge in [-0.2, -0.15) is 0 Å². The summed E-state index contributed by atoms with van der Waals surface area (Å²) in [6, 6.07) is -0.615. The Labute approximate surface area is 96.7 Å². The number of hydrogen-bond acceptors (Lipinski definition) is 4. The SMILES string of the molecule is CCCOC(=O)C(C)N(C)C(=O)OCCC. The standard InChI is InChI=1S/C11H21NO4/c1-5-7-15-10(13)9(3)12(4)11(14)16-8-6-2/h9H,5-8H2,1-4H3. The Kier molecular flexibility index (Phi) is 7.33. The molecule has 0 fully saturated rings. The maximum absolute atomic E-state index is 11.4. The minimum absolute atomic E-state index is 0.361. The summed E-state index contributed by atoms with van der Waals surface area (Å²) in [4.78, 5) is 24.1. The Morgan fingerprint density at radius 2 is 1.62 bits per heavy atom. The van der Waals surface area contributed by atoms with Crippen LogP contribution in [0.4, 0.5) is 4.79 Å². The molecule has 0 rings (SSSR count). The van der Waals surface area contributed by atoms with Gasteiger partial charge in [0.2, 0.25) is 0 Å². The molecule has 0 bridgehead atoms. The number of hydrogen-bond donors (Lipinski definition) is 0. The normalized spacial score (nSPS) is 11.8. The molecular weight excluding hydrogens is 210 g/mol. The topological polar surface area (TPSA) is 55.8 Å². The molecule has 0 radical (unpaired) electrons. The molecule has 94 valence electrons. The van der Waals surface area contributed by atoms with Crippen LogP contribution in [0.2, 0.25) is 0 Å². The number of esters is 1. The highest BCUT2D eigenvalue weighted by molar-refractivity contribution is 5.80. The number of rotatable bonds is 6. The zero-order valence-electron chi connectivity index (χ0n) is 10.5. The molecule has 0 aliphatic rings. The Morgan fingerprint density at radius 1 is 1.12 bits per heavy atom. The quantitative estimate of drug-likeness (QED) is 0.654. The van der Waals surface area contributed by atoms with Gasteiger partial charge in [-0.3, -0.25) is 4.90 Å². The van der Waals surface area contributed by atoms with E-state index < -0.39 is 18.1 Å². The van der Waals surface area contributed by atoms with Crippen molar-refractivity contribution in [1.82, 2.24) is 4.90 Å². The molecule has 16 heavy (non-hydrogen) atoms. The van der Waals surface area contributed by atoms with E-state index in [1.807, 2.05) is 13.8 Å². The summed E-state index contributed by atoms with van der Waals surface area (Å²) >= 11 is 0. The van der Waals surface area contributed by atoms with Crippen molar-refractivity contribution in [2.75, 3.05) is 20.3 Å². The van der Waals surface area contributed by atoms with Gasteiger partial charge in [-0.15, -0.1) is 0 Å². The fourth-order valence-electron chi connectivity index (χ4n) is 0.931. The lowest BCUT2D eigenvalue weighted by atomic mass is 10.3. The van der Waals surface area contributed by atoms with Gasteiger partial charge in [-0.25, -0.2) is 9.59 Å². The highest BCUT2D eigenvalue weighted by Gasteiger charge is 2.24. The molecule has 0 aromatic heterocycles. The number of likely N-dealkylation sites (N-methyl/N-ethyl adjacent to an activating group) is 1. The largest absolute Gasteiger partial charge is 0.464 e. The lowest BCUT2D eigenvalue weighted by Gasteiger charge is -2.22. The second-order valence-electron chi connectivity index (χ2n) is 3.57. The molecule has 5 heteroatoms. The van der Waals surface area contributed by atoms with Crippen LogP contribution in [0, 0.1) is 0 Å². The van der Waals surface area contributed by atoms with E-state index in [0.29, 0.717) is 13.2 Å². The first-order valence-electron chi connectivity index (χ1n) is 5.60. The van der Waals surface area contributed by atoms with Gasteiger partial charge >= 0.3 is 12.1 Å². The number of amides is 1. The van der Waals surface area contributed by atoms with Crippen LogP contribution in [0.5, 0.6) is 0 Å². The van der Waals surface area contributed by atoms with Gasteiger partial charge in [0.05, 0.1) is 13.2 Å². The lowest BCUT2D eigenvalue weighted by Crippen LogP contribution is -2.41. The first-order valence-corrected chi connectivity index (χ1v) is 5.60. The molecule has 1 atom stereocenters. The van der Waals surface area contributed by atoms with E-state index in [1.165, 1.54) is 11.9 Å². The van der Waals surface area contributed by atoms with Gasteiger partial charge in [-0.1, -0.05) is 13.8 Å². The Morgan fingerprint density at radius 3 is 2.12 bits per heavy atom. The van der Waals surface area contributed by atoms with Crippen LogP contribution in [-0.4, -0.2) is 43.3 Å². The predicted molar refractivity (Wildman–Crippen MR) is 60.1 cm³/mol. The van der Waals surface area contributed by atoms with E-state index >= 15 is 0 Å². The van der Waals surface area contributed by atoms with Crippen molar-refractivity contribution in [1.29, 1.82) is 0 Å². The van der Waals surface area contributed by atoms with Crippen molar-refractivity contribution < 1.29 is 19.1 Å². The second kappa shape index (κ2) is 7.96. The highest BCUT2D eigenvalue weighted by Crippen LogP contribution is 2.02. The van der Waals surface area contributed by atoms with Crippen LogP contribution in [-0.2, 0) is 14.3 Å². The first-order chi connectivity index (χ1) is 7.54. The maximum Gasteiger partial charge on any atom is 0.410 e. The molecular formula is C11H21NO4. The van der Waals surface area contributed by atoms with Crippen molar-refractivity contribution in [3.63, 3.8) is 0 Å². The zero-order chi connectivity index (χ0) is 12.6. The molecule has 0 aliphatic heterocycles. The molecule has 5 nitrogen and oxygen atoms in total. The Hall–Kier alpha value is -1.26. The molecule has 0 N–H and O–H groups in total. The van der Waals surface area contributed by atoms with Gasteiger partial charge in [0.25, 0.3) is 0 Å². The van der Waals surface area contributed by atoms with E-state index in [4.69, 9.17) is 9.47 Å². The summed E-state index contributed by atoms with van der Waals surface area (Å²) in [5.74, 6) is -0.405. The summed E-state index contributed by atoms with van der Waals surface area (Å²) < 4.78 is 9.85. The van der Waals surface area contributed by atoms with Gasteiger partial charge < -0.3 is 9.47 Å². The fourth-order valence-corrected chi connectivity index (χ4v) is 0.931. The molecule has 1 amide bonds. The molecule has 0 aromatic carbocycles. The first kappa shape index (κ1) is 14.7. The Bertz CT molecular complexity index is 206. The summed E-state index contributed by atoms with van der Waals surface area (Å²) in [6.45, 7) is 6.18. The summed E-state index contributed by atoms with van der Waals surface area (Å²) in [5.41, 5.74) is 0. The smallest absolute Gasteiger partial charge is 0.410 e. The van der Waals surface area contributed by atoms with Crippen LogP contribution >= 0.6 is 0 Å². The Balaban J connectivity index is 4.09. The van der Waals surface area contributed by atoms with Crippen LogP contribution in [0.1, 0.15) is 33.6 Å². The van der Waals surface area contributed by atoms with Gasteiger partial charge in [0, 0.05) is 7.05 Å². The summed E-state index contributed by atoms with van der Waals surface area (Å²) in [6.07, 6.45) is 1.03. The predicted octanol–water partition coefficient (Wildman–Crippen LogP) is 1.81. The van der Waals surface area contributed by atoms with E-state index in [-0.39, 0.29) is 0 Å². The molecule has 0 spiro atoms. The summed E-state index contributed by atoms with van der Waals surface area (Å²) in [5, 5.41) is 0. The third-order valence-electron chi connectivity index (χ3n) is 2.09. The number of carbonyl (C=O) groups is 2. The lowest BCUT2D eigenvalue weighted by molar-refractivity contribution is -0.148. The van der Waals surface area contributed by atoms with Crippen LogP contribution in [0.3, 0.4) is 0 Å². The van der Waals surface area contributed by atoms with Gasteiger partial charge in [0.15, 0.2) is 0 Å². The third kappa shape index (κ3) is 5.00. The highest BCUT2D eigenvalue weighted by atomic mass is 16.6. The van der Waals surface area contributed by atoms with Crippen molar-refractivity contribution in [2.24, 2.45) is 0 Å². The molecule has 0 heterocycles. The molecule has 0 saturated carbocycles. The van der Waals surface area contributed by atoms with E-state index in [0.717, 1.165) is 12.8 Å². The molecule has 0 aliphatic carbocycles. The maximum atomic E-state index is 11.4. The van der Waals surface area contributed by atoms with Gasteiger partial charge in [0.1, 0.15) is 6.04 Å². The average Bonchev–Trinajstić information content (AvgIpc) is 2.30. The summed E-state index contributed by atoms with van der Waals surface area (Å²) in [7, 11) is 1.52. The van der Waals surface area contributed by atoms with Crippen molar-refractivity contribution in [2.45, 2.75) is 39.7 Å². The van der Waals surface area contributed by atoms with Crippen LogP contribution in [0.25, 0.3) is 0 Å². The molecule has 0 aromatic rings. The van der Waals surface area contributed by atoms with E-state index in [2.05, 4.69) is 0 Å². The van der Waals surface area contributed by atoms with Crippen molar-refractivity contribution in [3.8, 4) is 0 Å². The zero-order valence-corrected chi connectivity index (χ0v) is 10.5. The van der Waals surface area contributed by atoms with Crippen LogP contribution < -0.4 is 0 Å². The average molecular weight is 231 g/mol. The monoisotopic (exact) mass is 231 g/mol. The van der Waals surface area contributed by atoms with Crippen molar-refractivity contribution in [3.05, 3.63) is 0 Å². The minimum atomic E-state index is -0.615. The molecule has 0 saturated heterocycles. The fraction of sp³-hybridized carbons (Fsp3) is 0.818. The minimum Gasteiger partial charge on any atom is -0.464 e. The molecule has 1 unspecified atom stereocenters. The van der Waals surface area contributed by atoms with Crippen molar-refractivity contribution >= 4 is 12.1 Å². The number of nitrogens with zero attached hydrogens (tertiary/aromatic N) is 1. The second-order valence-corrected chi connectivity index (χ2v) is 3.57. The van der Waals surface area contributed by atoms with Gasteiger partial charge in [-0.05, 0) is 19.8 Å².